The minimum atomic E-state index is 0.0335. The molecule has 2 bridgehead atoms. The molecule has 2 heterocycles. The first-order valence-corrected chi connectivity index (χ1v) is 10.4. The van der Waals surface area contributed by atoms with Gasteiger partial charge in [0.05, 0.1) is 12.5 Å². The fourth-order valence-corrected chi connectivity index (χ4v) is 5.06. The average molecular weight is 391 g/mol. The van der Waals surface area contributed by atoms with Crippen LogP contribution < -0.4 is 5.32 Å². The topological polar surface area (TPSA) is 58.6 Å². The monoisotopic (exact) mass is 390 g/mol. The number of piperidine rings is 1. The van der Waals surface area contributed by atoms with Gasteiger partial charge in [0.2, 0.25) is 11.8 Å². The van der Waals surface area contributed by atoms with Crippen molar-refractivity contribution in [2.45, 2.75) is 38.1 Å². The smallest absolute Gasteiger partial charge is 0.228 e. The van der Waals surface area contributed by atoms with Crippen molar-refractivity contribution in [2.24, 2.45) is 17.8 Å². The highest BCUT2D eigenvalue weighted by Crippen LogP contribution is 2.38. The van der Waals surface area contributed by atoms with Crippen molar-refractivity contribution >= 4 is 23.4 Å². The van der Waals surface area contributed by atoms with Gasteiger partial charge < -0.3 is 15.0 Å². The highest BCUT2D eigenvalue weighted by Gasteiger charge is 2.45. The summed E-state index contributed by atoms with van der Waals surface area (Å²) < 4.78 is 5.37. The molecule has 2 unspecified atom stereocenters. The zero-order valence-electron chi connectivity index (χ0n) is 15.5. The maximum absolute atomic E-state index is 12.7. The number of carbonyl (C=O) groups excluding carboxylic acids is 2. The maximum atomic E-state index is 12.7. The molecule has 0 aromatic heterocycles. The summed E-state index contributed by atoms with van der Waals surface area (Å²) in [4.78, 5) is 27.2. The number of hydrogen-bond donors (Lipinski definition) is 1. The minimum Gasteiger partial charge on any atom is -0.381 e. The van der Waals surface area contributed by atoms with Gasteiger partial charge in [0.25, 0.3) is 0 Å². The van der Waals surface area contributed by atoms with Crippen molar-refractivity contribution in [1.29, 1.82) is 0 Å². The number of nitrogens with one attached hydrogen (secondary N) is 1. The summed E-state index contributed by atoms with van der Waals surface area (Å²) in [5.74, 6) is 1.11. The number of nitrogens with zero attached hydrogens (tertiary/aromatic N) is 1. The van der Waals surface area contributed by atoms with Gasteiger partial charge in [-0.3, -0.25) is 9.59 Å². The van der Waals surface area contributed by atoms with Crippen LogP contribution in [0.4, 0.5) is 0 Å². The molecule has 146 valence electrons. The maximum Gasteiger partial charge on any atom is 0.228 e. The Hall–Kier alpha value is -1.59. The predicted octanol–water partition coefficient (Wildman–Crippen LogP) is 2.66. The summed E-state index contributed by atoms with van der Waals surface area (Å²) in [5, 5.41) is 3.97. The molecule has 3 fully saturated rings. The molecule has 6 heteroatoms. The van der Waals surface area contributed by atoms with E-state index in [0.29, 0.717) is 42.9 Å². The van der Waals surface area contributed by atoms with Crippen LogP contribution in [0.5, 0.6) is 0 Å². The van der Waals surface area contributed by atoms with E-state index in [-0.39, 0.29) is 23.8 Å². The van der Waals surface area contributed by atoms with E-state index in [1.807, 2.05) is 29.2 Å². The van der Waals surface area contributed by atoms with E-state index in [1.54, 1.807) is 0 Å². The van der Waals surface area contributed by atoms with Crippen molar-refractivity contribution in [3.63, 3.8) is 0 Å². The molecule has 27 heavy (non-hydrogen) atoms. The van der Waals surface area contributed by atoms with E-state index in [2.05, 4.69) is 5.32 Å². The number of hydrogen-bond acceptors (Lipinski definition) is 3. The molecule has 4 rings (SSSR count). The Labute approximate surface area is 165 Å². The molecule has 4 atom stereocenters. The van der Waals surface area contributed by atoms with Gasteiger partial charge >= 0.3 is 0 Å². The second-order valence-corrected chi connectivity index (χ2v) is 8.49. The van der Waals surface area contributed by atoms with E-state index in [9.17, 15) is 9.59 Å². The molecule has 2 amide bonds. The van der Waals surface area contributed by atoms with Gasteiger partial charge in [-0.1, -0.05) is 29.8 Å². The molecule has 1 aromatic rings. The van der Waals surface area contributed by atoms with Gasteiger partial charge in [-0.15, -0.1) is 0 Å². The lowest BCUT2D eigenvalue weighted by Gasteiger charge is -2.39. The van der Waals surface area contributed by atoms with Crippen molar-refractivity contribution < 1.29 is 14.3 Å². The summed E-state index contributed by atoms with van der Waals surface area (Å²) >= 11 is 6.18. The van der Waals surface area contributed by atoms with Crippen LogP contribution in [-0.4, -0.2) is 49.1 Å². The number of amides is 2. The zero-order chi connectivity index (χ0) is 18.8. The number of halogens is 1. The molecular formula is C21H27ClN2O3. The molecule has 1 N–H and O–H groups in total. The third-order valence-electron chi connectivity index (χ3n) is 6.33. The molecular weight excluding hydrogens is 364 g/mol. The van der Waals surface area contributed by atoms with Crippen molar-refractivity contribution in [1.82, 2.24) is 10.2 Å². The molecule has 0 radical (unpaired) electrons. The second-order valence-electron chi connectivity index (χ2n) is 8.09. The van der Waals surface area contributed by atoms with E-state index in [4.69, 9.17) is 16.3 Å². The molecule has 2 saturated heterocycles. The Morgan fingerprint density at radius 3 is 2.56 bits per heavy atom. The van der Waals surface area contributed by atoms with Gasteiger partial charge in [0.15, 0.2) is 0 Å². The lowest BCUT2D eigenvalue weighted by molar-refractivity contribution is -0.138. The van der Waals surface area contributed by atoms with E-state index >= 15 is 0 Å². The predicted molar refractivity (Wildman–Crippen MR) is 103 cm³/mol. The Morgan fingerprint density at radius 2 is 1.89 bits per heavy atom. The number of ether oxygens (including phenoxy) is 1. The average Bonchev–Trinajstić information content (AvgIpc) is 3.27. The first kappa shape index (κ1) is 18.8. The number of aryl methyl sites for hydroxylation is 1. The highest BCUT2D eigenvalue weighted by atomic mass is 35.5. The summed E-state index contributed by atoms with van der Waals surface area (Å²) in [6, 6.07) is 7.87. The molecule has 1 saturated carbocycles. The van der Waals surface area contributed by atoms with Crippen LogP contribution in [0.15, 0.2) is 24.3 Å². The van der Waals surface area contributed by atoms with Crippen LogP contribution in [-0.2, 0) is 20.7 Å². The molecule has 0 spiro atoms. The van der Waals surface area contributed by atoms with Gasteiger partial charge in [0, 0.05) is 37.2 Å². The largest absolute Gasteiger partial charge is 0.381 e. The quantitative estimate of drug-likeness (QED) is 0.840. The van der Waals surface area contributed by atoms with Crippen molar-refractivity contribution in [3.05, 3.63) is 34.9 Å². The van der Waals surface area contributed by atoms with Crippen LogP contribution in [0.2, 0.25) is 5.02 Å². The van der Waals surface area contributed by atoms with Crippen LogP contribution in [0.3, 0.4) is 0 Å². The number of likely N-dealkylation sites (tertiary alicyclic amines) is 1. The molecule has 5 nitrogen and oxygen atoms in total. The fraction of sp³-hybridized carbons (Fsp3) is 0.619. The summed E-state index contributed by atoms with van der Waals surface area (Å²) in [6.07, 6.45) is 4.12. The van der Waals surface area contributed by atoms with Crippen LogP contribution in [0.25, 0.3) is 0 Å². The normalized spacial score (nSPS) is 29.7. The van der Waals surface area contributed by atoms with E-state index in [1.165, 1.54) is 0 Å². The zero-order valence-corrected chi connectivity index (χ0v) is 16.3. The number of carbonyl (C=O) groups is 2. The Balaban J connectivity index is 1.30. The first-order chi connectivity index (χ1) is 13.1. The summed E-state index contributed by atoms with van der Waals surface area (Å²) in [6.45, 7) is 2.79. The van der Waals surface area contributed by atoms with Crippen LogP contribution in [0, 0.1) is 17.8 Å². The standard InChI is InChI=1S/C21H27ClN2O3/c22-18-4-2-1-3-14(18)7-8-19(25)23-20-15-5-6-16(20)12-24(11-15)21(26)17-9-10-27-13-17/h1-4,15-17,20H,5-13H2,(H,23,25)/t15-,16+,17?,20?. The summed E-state index contributed by atoms with van der Waals surface area (Å²) in [5.41, 5.74) is 1.01. The number of fused-ring (bicyclic) bond motifs is 2. The molecule has 1 aromatic carbocycles. The highest BCUT2D eigenvalue weighted by molar-refractivity contribution is 6.31. The second kappa shape index (κ2) is 8.19. The molecule has 1 aliphatic carbocycles. The Kier molecular flexibility index (Phi) is 5.69. The fourth-order valence-electron chi connectivity index (χ4n) is 4.83. The van der Waals surface area contributed by atoms with Gasteiger partial charge in [-0.2, -0.15) is 0 Å². The molecule has 2 aliphatic heterocycles. The minimum absolute atomic E-state index is 0.0335. The lowest BCUT2D eigenvalue weighted by atomic mass is 9.90. The van der Waals surface area contributed by atoms with E-state index < -0.39 is 0 Å². The third-order valence-corrected chi connectivity index (χ3v) is 6.70. The Morgan fingerprint density at radius 1 is 1.15 bits per heavy atom. The number of rotatable bonds is 5. The molecule has 3 aliphatic rings. The Bertz CT molecular complexity index is 690. The third kappa shape index (κ3) is 4.14. The lowest BCUT2D eigenvalue weighted by Crippen LogP contribution is -2.55. The van der Waals surface area contributed by atoms with Crippen molar-refractivity contribution in [2.75, 3.05) is 26.3 Å². The SMILES string of the molecule is O=C(CCc1ccccc1Cl)NC1[C@@H]2CC[C@H]1CN(C(=O)C1CCOC1)C2. The summed E-state index contributed by atoms with van der Waals surface area (Å²) in [7, 11) is 0. The van der Waals surface area contributed by atoms with Gasteiger partial charge in [-0.05, 0) is 49.1 Å². The van der Waals surface area contributed by atoms with Crippen molar-refractivity contribution in [3.8, 4) is 0 Å². The first-order valence-electron chi connectivity index (χ1n) is 10.0. The van der Waals surface area contributed by atoms with Crippen LogP contribution >= 0.6 is 11.6 Å². The van der Waals surface area contributed by atoms with Gasteiger partial charge in [0.1, 0.15) is 0 Å². The number of benzene rings is 1. The van der Waals surface area contributed by atoms with Gasteiger partial charge in [-0.25, -0.2) is 0 Å². The van der Waals surface area contributed by atoms with E-state index in [0.717, 1.165) is 37.9 Å². The van der Waals surface area contributed by atoms with Crippen LogP contribution in [0.1, 0.15) is 31.2 Å².